The highest BCUT2D eigenvalue weighted by Crippen LogP contribution is 2.18. The predicted molar refractivity (Wildman–Crippen MR) is 118 cm³/mol. The van der Waals surface area contributed by atoms with Gasteiger partial charge >= 0.3 is 0 Å². The maximum atomic E-state index is 12.3. The molecule has 0 saturated carbocycles. The summed E-state index contributed by atoms with van der Waals surface area (Å²) in [6.45, 7) is 2.60. The Morgan fingerprint density at radius 1 is 0.966 bits per heavy atom. The average Bonchev–Trinajstić information content (AvgIpc) is 3.15. The number of rotatable bonds is 7. The molecule has 5 nitrogen and oxygen atoms in total. The Bertz CT molecular complexity index is 1090. The Labute approximate surface area is 173 Å². The standard InChI is InChI=1S/C23H23N3OS.H2O/c1-17-4-12-21(13-5-17)28(27)26-15-19-8-6-18(7-9-19)10-11-20-16-25-23-22(20)3-2-14-24-23;/h2-9,12-14,16,26H,10-11,15H2,1H3,(H,24,25);1H2. The second kappa shape index (κ2) is 9.60. The van der Waals surface area contributed by atoms with E-state index in [0.29, 0.717) is 6.54 Å². The van der Waals surface area contributed by atoms with Crippen LogP contribution in [0.3, 0.4) is 0 Å². The van der Waals surface area contributed by atoms with Crippen LogP contribution in [0.25, 0.3) is 11.0 Å². The predicted octanol–water partition coefficient (Wildman–Crippen LogP) is 3.64. The molecule has 6 heteroatoms. The molecule has 0 aliphatic carbocycles. The zero-order valence-electron chi connectivity index (χ0n) is 16.3. The van der Waals surface area contributed by atoms with Crippen LogP contribution < -0.4 is 4.72 Å². The van der Waals surface area contributed by atoms with E-state index in [4.69, 9.17) is 0 Å². The van der Waals surface area contributed by atoms with Crippen molar-refractivity contribution < 1.29 is 9.69 Å². The molecule has 29 heavy (non-hydrogen) atoms. The van der Waals surface area contributed by atoms with Gasteiger partial charge in [-0.3, -0.25) is 0 Å². The van der Waals surface area contributed by atoms with Crippen LogP contribution in [0.15, 0.2) is 78.0 Å². The molecule has 0 amide bonds. The summed E-state index contributed by atoms with van der Waals surface area (Å²) in [7, 11) is -1.19. The van der Waals surface area contributed by atoms with Crippen molar-refractivity contribution in [2.45, 2.75) is 31.2 Å². The van der Waals surface area contributed by atoms with Gasteiger partial charge in [-0.05, 0) is 60.7 Å². The molecule has 2 aromatic carbocycles. The number of aromatic amines is 1. The summed E-state index contributed by atoms with van der Waals surface area (Å²) in [5.41, 5.74) is 5.82. The summed E-state index contributed by atoms with van der Waals surface area (Å²) in [6, 6.07) is 20.4. The maximum Gasteiger partial charge on any atom is 0.137 e. The van der Waals surface area contributed by atoms with E-state index < -0.39 is 11.0 Å². The third kappa shape index (κ3) is 5.17. The van der Waals surface area contributed by atoms with Gasteiger partial charge in [0.2, 0.25) is 0 Å². The number of nitrogens with one attached hydrogen (secondary N) is 2. The molecule has 4 rings (SSSR count). The van der Waals surface area contributed by atoms with Gasteiger partial charge in [-0.25, -0.2) is 13.9 Å². The first-order chi connectivity index (χ1) is 13.7. The van der Waals surface area contributed by atoms with Crippen molar-refractivity contribution >= 4 is 22.0 Å². The number of H-pyrrole nitrogens is 1. The van der Waals surface area contributed by atoms with Crippen molar-refractivity contribution in [1.29, 1.82) is 0 Å². The Balaban J connectivity index is 0.00000240. The molecule has 2 aromatic heterocycles. The van der Waals surface area contributed by atoms with Crippen LogP contribution in [0, 0.1) is 6.92 Å². The Kier molecular flexibility index (Phi) is 6.93. The van der Waals surface area contributed by atoms with E-state index in [1.807, 2.05) is 37.3 Å². The molecule has 150 valence electrons. The SMILES string of the molecule is Cc1ccc(S(=O)NCc2ccc(CCc3c[nH]c4ncccc34)cc2)cc1.O. The second-order valence-electron chi connectivity index (χ2n) is 6.93. The highest BCUT2D eigenvalue weighted by Gasteiger charge is 2.06. The topological polar surface area (TPSA) is 89.3 Å². The van der Waals surface area contributed by atoms with E-state index >= 15 is 0 Å². The van der Waals surface area contributed by atoms with Gasteiger partial charge in [-0.1, -0.05) is 42.0 Å². The summed E-state index contributed by atoms with van der Waals surface area (Å²) < 4.78 is 15.4. The molecule has 0 bridgehead atoms. The van der Waals surface area contributed by atoms with E-state index in [-0.39, 0.29) is 5.48 Å². The fraction of sp³-hybridized carbons (Fsp3) is 0.174. The number of hydrogen-bond donors (Lipinski definition) is 2. The van der Waals surface area contributed by atoms with Gasteiger partial charge < -0.3 is 10.5 Å². The number of aryl methyl sites for hydroxylation is 3. The minimum absolute atomic E-state index is 0. The van der Waals surface area contributed by atoms with Gasteiger partial charge in [0.05, 0.1) is 4.90 Å². The smallest absolute Gasteiger partial charge is 0.137 e. The monoisotopic (exact) mass is 407 g/mol. The van der Waals surface area contributed by atoms with Crippen LogP contribution in [0.5, 0.6) is 0 Å². The van der Waals surface area contributed by atoms with Crippen molar-refractivity contribution in [3.05, 3.63) is 95.3 Å². The molecule has 0 saturated heterocycles. The molecule has 1 atom stereocenters. The summed E-state index contributed by atoms with van der Waals surface area (Å²) in [6.07, 6.45) is 5.81. The van der Waals surface area contributed by atoms with Crippen LogP contribution in [0.1, 0.15) is 22.3 Å². The zero-order chi connectivity index (χ0) is 19.3. The van der Waals surface area contributed by atoms with Crippen LogP contribution in [-0.4, -0.2) is 19.7 Å². The molecule has 4 N–H and O–H groups in total. The fourth-order valence-electron chi connectivity index (χ4n) is 3.22. The fourth-order valence-corrected chi connectivity index (χ4v) is 4.06. The Morgan fingerprint density at radius 2 is 1.69 bits per heavy atom. The summed E-state index contributed by atoms with van der Waals surface area (Å²) >= 11 is 0. The third-order valence-corrected chi connectivity index (χ3v) is 5.99. The van der Waals surface area contributed by atoms with Gasteiger partial charge in [0, 0.05) is 24.3 Å². The van der Waals surface area contributed by atoms with Gasteiger partial charge in [0.1, 0.15) is 16.6 Å². The van der Waals surface area contributed by atoms with E-state index in [1.165, 1.54) is 22.1 Å². The van der Waals surface area contributed by atoms with Gasteiger partial charge in [0.25, 0.3) is 0 Å². The summed E-state index contributed by atoms with van der Waals surface area (Å²) in [4.78, 5) is 8.37. The van der Waals surface area contributed by atoms with Crippen molar-refractivity contribution in [3.63, 3.8) is 0 Å². The molecule has 0 aliphatic rings. The van der Waals surface area contributed by atoms with Crippen molar-refractivity contribution in [1.82, 2.24) is 14.7 Å². The molecular formula is C23H25N3O2S. The summed E-state index contributed by atoms with van der Waals surface area (Å²) in [5.74, 6) is 0. The molecule has 1 unspecified atom stereocenters. The number of pyridine rings is 1. The van der Waals surface area contributed by atoms with Crippen molar-refractivity contribution in [2.75, 3.05) is 0 Å². The first kappa shape index (κ1) is 20.9. The zero-order valence-corrected chi connectivity index (χ0v) is 17.1. The Morgan fingerprint density at radius 3 is 2.45 bits per heavy atom. The molecule has 2 heterocycles. The number of benzene rings is 2. The van der Waals surface area contributed by atoms with E-state index in [2.05, 4.69) is 51.2 Å². The van der Waals surface area contributed by atoms with Gasteiger partial charge in [0.15, 0.2) is 0 Å². The first-order valence-electron chi connectivity index (χ1n) is 9.40. The minimum atomic E-state index is -1.19. The number of hydrogen-bond acceptors (Lipinski definition) is 2. The molecule has 0 aliphatic heterocycles. The first-order valence-corrected chi connectivity index (χ1v) is 10.5. The minimum Gasteiger partial charge on any atom is -0.412 e. The van der Waals surface area contributed by atoms with Crippen LogP contribution in [0.2, 0.25) is 0 Å². The van der Waals surface area contributed by atoms with Gasteiger partial charge in [-0.2, -0.15) is 0 Å². The van der Waals surface area contributed by atoms with Gasteiger partial charge in [-0.15, -0.1) is 0 Å². The maximum absolute atomic E-state index is 12.3. The van der Waals surface area contributed by atoms with Crippen LogP contribution in [0.4, 0.5) is 0 Å². The average molecular weight is 408 g/mol. The normalized spacial score (nSPS) is 11.9. The van der Waals surface area contributed by atoms with E-state index in [9.17, 15) is 4.21 Å². The summed E-state index contributed by atoms with van der Waals surface area (Å²) in [5, 5.41) is 1.20. The Hall–Kier alpha value is -2.80. The lowest BCUT2D eigenvalue weighted by Gasteiger charge is -2.07. The van der Waals surface area contributed by atoms with Crippen molar-refractivity contribution in [2.24, 2.45) is 0 Å². The molecular weight excluding hydrogens is 382 g/mol. The number of nitrogens with zero attached hydrogens (tertiary/aromatic N) is 1. The molecule has 0 fully saturated rings. The lowest BCUT2D eigenvalue weighted by Crippen LogP contribution is -2.16. The lowest BCUT2D eigenvalue weighted by atomic mass is 10.0. The second-order valence-corrected chi connectivity index (χ2v) is 8.23. The van der Waals surface area contributed by atoms with Crippen LogP contribution in [-0.2, 0) is 30.4 Å². The van der Waals surface area contributed by atoms with Crippen molar-refractivity contribution in [3.8, 4) is 0 Å². The third-order valence-electron chi connectivity index (χ3n) is 4.89. The number of fused-ring (bicyclic) bond motifs is 1. The van der Waals surface area contributed by atoms with E-state index in [1.54, 1.807) is 6.20 Å². The van der Waals surface area contributed by atoms with E-state index in [0.717, 1.165) is 28.9 Å². The molecule has 0 radical (unpaired) electrons. The highest BCUT2D eigenvalue weighted by atomic mass is 32.2. The van der Waals surface area contributed by atoms with Crippen LogP contribution >= 0.6 is 0 Å². The number of aromatic nitrogens is 2. The molecule has 4 aromatic rings. The quantitative estimate of drug-likeness (QED) is 0.490. The molecule has 0 spiro atoms. The largest absolute Gasteiger partial charge is 0.412 e. The highest BCUT2D eigenvalue weighted by molar-refractivity contribution is 7.83. The lowest BCUT2D eigenvalue weighted by molar-refractivity contribution is 0.672.